The van der Waals surface area contributed by atoms with Crippen molar-refractivity contribution < 1.29 is 23.1 Å². The van der Waals surface area contributed by atoms with Gasteiger partial charge in [0.25, 0.3) is 9.05 Å². The van der Waals surface area contributed by atoms with Crippen molar-refractivity contribution in [1.82, 2.24) is 0 Å². The molecule has 5 nitrogen and oxygen atoms in total. The summed E-state index contributed by atoms with van der Waals surface area (Å²) in [6, 6.07) is 4.36. The lowest BCUT2D eigenvalue weighted by atomic mass is 10.2. The highest BCUT2D eigenvalue weighted by Crippen LogP contribution is 2.24. The van der Waals surface area contributed by atoms with Crippen LogP contribution in [-0.2, 0) is 13.8 Å². The van der Waals surface area contributed by atoms with Crippen molar-refractivity contribution >= 4 is 25.7 Å². The van der Waals surface area contributed by atoms with Crippen LogP contribution in [0.15, 0.2) is 23.1 Å². The maximum absolute atomic E-state index is 11.1. The first-order valence-electron chi connectivity index (χ1n) is 5.70. The molecule has 19 heavy (non-hydrogen) atoms. The van der Waals surface area contributed by atoms with Crippen LogP contribution in [0.25, 0.3) is 0 Å². The number of hydrogen-bond donors (Lipinski definition) is 1. The number of unbranched alkanes of at least 4 members (excludes halogenated alkanes) is 1. The summed E-state index contributed by atoms with van der Waals surface area (Å²) in [5, 5.41) is 8.47. The lowest BCUT2D eigenvalue weighted by Gasteiger charge is -2.09. The van der Waals surface area contributed by atoms with Gasteiger partial charge in [-0.2, -0.15) is 0 Å². The second-order valence-electron chi connectivity index (χ2n) is 4.06. The molecule has 0 amide bonds. The summed E-state index contributed by atoms with van der Waals surface area (Å²) in [5.41, 5.74) is 0.667. The number of hydrogen-bond acceptors (Lipinski definition) is 4. The first-order valence-corrected chi connectivity index (χ1v) is 8.01. The van der Waals surface area contributed by atoms with E-state index in [9.17, 15) is 13.2 Å². The van der Waals surface area contributed by atoms with Gasteiger partial charge in [-0.25, -0.2) is 8.42 Å². The first-order chi connectivity index (χ1) is 8.80. The van der Waals surface area contributed by atoms with Gasteiger partial charge in [0, 0.05) is 17.1 Å². The molecular weight excluding hydrogens is 292 g/mol. The Hall–Kier alpha value is -1.27. The second-order valence-corrected chi connectivity index (χ2v) is 6.63. The highest BCUT2D eigenvalue weighted by molar-refractivity contribution is 8.13. The molecule has 1 aromatic carbocycles. The summed E-state index contributed by atoms with van der Waals surface area (Å²) >= 11 is 0. The highest BCUT2D eigenvalue weighted by Gasteiger charge is 2.11. The Kier molecular flexibility index (Phi) is 5.62. The summed E-state index contributed by atoms with van der Waals surface area (Å²) in [6.07, 6.45) is 1.29. The van der Waals surface area contributed by atoms with Gasteiger partial charge in [0.15, 0.2) is 0 Å². The molecule has 0 unspecified atom stereocenters. The molecule has 0 aromatic heterocycles. The van der Waals surface area contributed by atoms with Gasteiger partial charge in [0.2, 0.25) is 0 Å². The summed E-state index contributed by atoms with van der Waals surface area (Å²) < 4.78 is 27.7. The molecule has 0 saturated heterocycles. The van der Waals surface area contributed by atoms with Crippen LogP contribution < -0.4 is 4.74 Å². The summed E-state index contributed by atoms with van der Waals surface area (Å²) in [7, 11) is 1.50. The molecule has 0 atom stereocenters. The van der Waals surface area contributed by atoms with Crippen LogP contribution in [0.4, 0.5) is 0 Å². The predicted molar refractivity (Wildman–Crippen MR) is 71.2 cm³/mol. The highest BCUT2D eigenvalue weighted by atomic mass is 35.7. The number of carboxylic acids is 1. The Bertz CT molecular complexity index is 553. The van der Waals surface area contributed by atoms with Crippen molar-refractivity contribution in [3.05, 3.63) is 23.8 Å². The van der Waals surface area contributed by atoms with E-state index < -0.39 is 15.0 Å². The summed E-state index contributed by atoms with van der Waals surface area (Å²) in [4.78, 5) is 10.3. The molecule has 0 bridgehead atoms. The van der Waals surface area contributed by atoms with E-state index in [1.807, 2.05) is 0 Å². The maximum atomic E-state index is 11.1. The van der Waals surface area contributed by atoms with E-state index in [0.29, 0.717) is 30.8 Å². The lowest BCUT2D eigenvalue weighted by molar-refractivity contribution is -0.137. The third-order valence-corrected chi connectivity index (χ3v) is 3.82. The molecule has 0 radical (unpaired) electrons. The van der Waals surface area contributed by atoms with E-state index in [-0.39, 0.29) is 11.3 Å². The molecule has 0 aliphatic heterocycles. The molecule has 106 valence electrons. The molecule has 7 heteroatoms. The van der Waals surface area contributed by atoms with Gasteiger partial charge in [-0.1, -0.05) is 0 Å². The van der Waals surface area contributed by atoms with E-state index in [2.05, 4.69) is 0 Å². The molecule has 0 fully saturated rings. The van der Waals surface area contributed by atoms with Crippen molar-refractivity contribution in [2.75, 3.05) is 6.61 Å². The van der Waals surface area contributed by atoms with Crippen LogP contribution in [0.1, 0.15) is 24.8 Å². The van der Waals surface area contributed by atoms with E-state index in [1.165, 1.54) is 12.1 Å². The minimum absolute atomic E-state index is 0.0323. The lowest BCUT2D eigenvalue weighted by Crippen LogP contribution is -2.02. The molecule has 1 N–H and O–H groups in total. The number of benzene rings is 1. The minimum atomic E-state index is -3.73. The Morgan fingerprint density at radius 3 is 2.58 bits per heavy atom. The van der Waals surface area contributed by atoms with Gasteiger partial charge in [-0.3, -0.25) is 4.79 Å². The minimum Gasteiger partial charge on any atom is -0.493 e. The predicted octanol–water partition coefficient (Wildman–Crippen LogP) is 2.56. The van der Waals surface area contributed by atoms with Crippen molar-refractivity contribution in [3.63, 3.8) is 0 Å². The maximum Gasteiger partial charge on any atom is 0.303 e. The Morgan fingerprint density at radius 1 is 1.37 bits per heavy atom. The third-order valence-electron chi connectivity index (χ3n) is 2.47. The molecular formula is C12H15ClO5S. The second kappa shape index (κ2) is 6.77. The van der Waals surface area contributed by atoms with Gasteiger partial charge in [0.05, 0.1) is 11.5 Å². The number of aliphatic carboxylic acids is 1. The number of halogens is 1. The molecule has 0 spiro atoms. The van der Waals surface area contributed by atoms with Crippen LogP contribution >= 0.6 is 10.7 Å². The fraction of sp³-hybridized carbons (Fsp3) is 0.417. The summed E-state index contributed by atoms with van der Waals surface area (Å²) in [6.45, 7) is 2.11. The molecule has 0 aliphatic rings. The standard InChI is InChI=1S/C12H15ClO5S/c1-9-8-10(19(13,16)17)5-6-11(9)18-7-3-2-4-12(14)15/h5-6,8H,2-4,7H2,1H3,(H,14,15). The molecule has 0 heterocycles. The fourth-order valence-electron chi connectivity index (χ4n) is 1.50. The van der Waals surface area contributed by atoms with Gasteiger partial charge in [-0.15, -0.1) is 0 Å². The van der Waals surface area contributed by atoms with E-state index in [1.54, 1.807) is 13.0 Å². The largest absolute Gasteiger partial charge is 0.493 e. The van der Waals surface area contributed by atoms with Crippen LogP contribution in [0, 0.1) is 6.92 Å². The molecule has 1 rings (SSSR count). The van der Waals surface area contributed by atoms with Crippen molar-refractivity contribution in [2.45, 2.75) is 31.1 Å². The van der Waals surface area contributed by atoms with Crippen molar-refractivity contribution in [3.8, 4) is 5.75 Å². The van der Waals surface area contributed by atoms with E-state index >= 15 is 0 Å². The third kappa shape index (κ3) is 5.48. The number of ether oxygens (including phenoxy) is 1. The molecule has 1 aromatic rings. The Labute approximate surface area is 116 Å². The zero-order chi connectivity index (χ0) is 14.5. The Morgan fingerprint density at radius 2 is 2.05 bits per heavy atom. The fourth-order valence-corrected chi connectivity index (χ4v) is 2.33. The van der Waals surface area contributed by atoms with Gasteiger partial charge < -0.3 is 9.84 Å². The zero-order valence-corrected chi connectivity index (χ0v) is 12.0. The van der Waals surface area contributed by atoms with Gasteiger partial charge in [-0.05, 0) is 43.5 Å². The SMILES string of the molecule is Cc1cc(S(=O)(=O)Cl)ccc1OCCCCC(=O)O. The number of carboxylic acid groups (broad SMARTS) is 1. The van der Waals surface area contributed by atoms with Crippen molar-refractivity contribution in [2.24, 2.45) is 0 Å². The van der Waals surface area contributed by atoms with Gasteiger partial charge in [0.1, 0.15) is 5.75 Å². The molecule has 0 aliphatic carbocycles. The van der Waals surface area contributed by atoms with Crippen LogP contribution in [-0.4, -0.2) is 26.1 Å². The van der Waals surface area contributed by atoms with Crippen LogP contribution in [0.2, 0.25) is 0 Å². The van der Waals surface area contributed by atoms with Gasteiger partial charge >= 0.3 is 5.97 Å². The average Bonchev–Trinajstić information content (AvgIpc) is 2.28. The number of rotatable bonds is 7. The zero-order valence-electron chi connectivity index (χ0n) is 10.4. The monoisotopic (exact) mass is 306 g/mol. The normalized spacial score (nSPS) is 11.3. The Balaban J connectivity index is 2.54. The van der Waals surface area contributed by atoms with Crippen molar-refractivity contribution in [1.29, 1.82) is 0 Å². The smallest absolute Gasteiger partial charge is 0.303 e. The number of carbonyl (C=O) groups is 1. The molecule has 0 saturated carbocycles. The quantitative estimate of drug-likeness (QED) is 0.618. The number of aryl methyl sites for hydroxylation is 1. The summed E-state index contributed by atoms with van der Waals surface area (Å²) in [5.74, 6) is -0.257. The van der Waals surface area contributed by atoms with Crippen LogP contribution in [0.5, 0.6) is 5.75 Å². The van der Waals surface area contributed by atoms with Crippen LogP contribution in [0.3, 0.4) is 0 Å². The van der Waals surface area contributed by atoms with E-state index in [0.717, 1.165) is 0 Å². The van der Waals surface area contributed by atoms with E-state index in [4.69, 9.17) is 20.5 Å². The topological polar surface area (TPSA) is 80.7 Å². The average molecular weight is 307 g/mol. The first kappa shape index (κ1) is 15.8.